The lowest BCUT2D eigenvalue weighted by atomic mass is 9.59. The molecule has 2 saturated heterocycles. The maximum atomic E-state index is 12.0. The van der Waals surface area contributed by atoms with E-state index in [4.69, 9.17) is 18.9 Å². The van der Waals surface area contributed by atoms with Gasteiger partial charge < -0.3 is 18.9 Å². The number of ether oxygens (including phenoxy) is 4. The number of esters is 2. The summed E-state index contributed by atoms with van der Waals surface area (Å²) in [6, 6.07) is 0. The van der Waals surface area contributed by atoms with Crippen molar-refractivity contribution in [3.05, 3.63) is 11.6 Å². The van der Waals surface area contributed by atoms with Crippen LogP contribution in [-0.4, -0.2) is 48.6 Å². The Kier molecular flexibility index (Phi) is 5.77. The zero-order chi connectivity index (χ0) is 21.8. The third-order valence-corrected chi connectivity index (χ3v) is 8.03. The quantitative estimate of drug-likeness (QED) is 0.501. The van der Waals surface area contributed by atoms with Gasteiger partial charge in [0.15, 0.2) is 0 Å². The molecule has 3 aliphatic heterocycles. The number of fused-ring (bicyclic) bond motifs is 2. The fourth-order valence-electron chi connectivity index (χ4n) is 6.66. The van der Waals surface area contributed by atoms with Crippen molar-refractivity contribution in [3.63, 3.8) is 0 Å². The van der Waals surface area contributed by atoms with Gasteiger partial charge in [0.1, 0.15) is 17.8 Å². The third kappa shape index (κ3) is 3.60. The molecule has 168 valence electrons. The smallest absolute Gasteiger partial charge is 0.303 e. The number of carbonyl (C=O) groups excluding carboxylic acids is 2. The van der Waals surface area contributed by atoms with E-state index in [0.717, 1.165) is 12.8 Å². The van der Waals surface area contributed by atoms with E-state index in [1.807, 2.05) is 6.92 Å². The molecule has 1 aliphatic carbocycles. The second-order valence-electron chi connectivity index (χ2n) is 10.3. The molecule has 4 rings (SSSR count). The molecule has 0 aromatic carbocycles. The standard InChI is InChI=1S/C24H36O6/c1-12-7-8-19(28-15(4)25)24(6)23-20-17(14(3)11-27-24)10-13(2)22(29-16(5)26)21(20)18(9-12)30-23/h7,13-14,17-23H,8-11H2,1-6H3/b12-7-/t13-,14+,17+,18?,19-,20+,21+,22-,23+,24+/m0/s1. The van der Waals surface area contributed by atoms with Crippen molar-refractivity contribution in [2.45, 2.75) is 90.8 Å². The fourth-order valence-corrected chi connectivity index (χ4v) is 6.66. The van der Waals surface area contributed by atoms with Crippen molar-refractivity contribution >= 4 is 11.9 Å². The van der Waals surface area contributed by atoms with Crippen LogP contribution in [0.1, 0.15) is 60.8 Å². The highest BCUT2D eigenvalue weighted by atomic mass is 16.6. The van der Waals surface area contributed by atoms with Gasteiger partial charge >= 0.3 is 11.9 Å². The van der Waals surface area contributed by atoms with Crippen LogP contribution in [0.5, 0.6) is 0 Å². The van der Waals surface area contributed by atoms with Crippen LogP contribution < -0.4 is 0 Å². The Labute approximate surface area is 179 Å². The highest BCUT2D eigenvalue weighted by Gasteiger charge is 2.65. The van der Waals surface area contributed by atoms with Crippen molar-refractivity contribution in [1.82, 2.24) is 0 Å². The highest BCUT2D eigenvalue weighted by Crippen LogP contribution is 2.57. The molecule has 10 atom stereocenters. The van der Waals surface area contributed by atoms with E-state index in [9.17, 15) is 9.59 Å². The Morgan fingerprint density at radius 1 is 1.10 bits per heavy atom. The van der Waals surface area contributed by atoms with Crippen molar-refractivity contribution in [1.29, 1.82) is 0 Å². The maximum absolute atomic E-state index is 12.0. The average Bonchev–Trinajstić information content (AvgIpc) is 3.00. The predicted octanol–water partition coefficient (Wildman–Crippen LogP) is 3.67. The fraction of sp³-hybridized carbons (Fsp3) is 0.833. The Morgan fingerprint density at radius 3 is 2.47 bits per heavy atom. The van der Waals surface area contributed by atoms with Crippen LogP contribution in [0.25, 0.3) is 0 Å². The molecule has 0 N–H and O–H groups in total. The van der Waals surface area contributed by atoms with E-state index < -0.39 is 11.7 Å². The summed E-state index contributed by atoms with van der Waals surface area (Å²) in [7, 11) is 0. The van der Waals surface area contributed by atoms with Gasteiger partial charge in [-0.3, -0.25) is 9.59 Å². The van der Waals surface area contributed by atoms with Crippen LogP contribution in [0.2, 0.25) is 0 Å². The second-order valence-corrected chi connectivity index (χ2v) is 10.3. The average molecular weight is 421 g/mol. The summed E-state index contributed by atoms with van der Waals surface area (Å²) >= 11 is 0. The van der Waals surface area contributed by atoms with E-state index in [-0.39, 0.29) is 48.0 Å². The van der Waals surface area contributed by atoms with Crippen LogP contribution in [0.3, 0.4) is 0 Å². The number of hydrogen-bond acceptors (Lipinski definition) is 6. The van der Waals surface area contributed by atoms with E-state index >= 15 is 0 Å². The summed E-state index contributed by atoms with van der Waals surface area (Å²) in [6.07, 6.45) is 3.75. The Bertz CT molecular complexity index is 731. The van der Waals surface area contributed by atoms with Gasteiger partial charge in [-0.2, -0.15) is 0 Å². The molecular weight excluding hydrogens is 384 g/mol. The number of rotatable bonds is 2. The summed E-state index contributed by atoms with van der Waals surface area (Å²) in [5.41, 5.74) is 0.471. The minimum absolute atomic E-state index is 0.0323. The zero-order valence-electron chi connectivity index (χ0n) is 19.1. The molecule has 0 aromatic heterocycles. The van der Waals surface area contributed by atoms with Crippen LogP contribution >= 0.6 is 0 Å². The summed E-state index contributed by atoms with van der Waals surface area (Å²) < 4.78 is 25.1. The molecule has 1 saturated carbocycles. The molecule has 3 heterocycles. The molecule has 0 spiro atoms. The Balaban J connectivity index is 1.82. The predicted molar refractivity (Wildman–Crippen MR) is 111 cm³/mol. The zero-order valence-corrected chi connectivity index (χ0v) is 19.1. The minimum Gasteiger partial charge on any atom is -0.462 e. The van der Waals surface area contributed by atoms with Crippen LogP contribution in [0, 0.1) is 29.6 Å². The molecule has 0 aromatic rings. The summed E-state index contributed by atoms with van der Waals surface area (Å²) in [5.74, 6) is 0.856. The number of hydrogen-bond donors (Lipinski definition) is 0. The van der Waals surface area contributed by atoms with Crippen molar-refractivity contribution in [2.24, 2.45) is 29.6 Å². The molecule has 1 unspecified atom stereocenters. The van der Waals surface area contributed by atoms with Gasteiger partial charge in [-0.1, -0.05) is 25.5 Å². The van der Waals surface area contributed by atoms with Gasteiger partial charge in [-0.05, 0) is 44.4 Å². The first-order valence-electron chi connectivity index (χ1n) is 11.4. The maximum Gasteiger partial charge on any atom is 0.303 e. The van der Waals surface area contributed by atoms with Crippen molar-refractivity contribution in [3.8, 4) is 0 Å². The molecule has 6 nitrogen and oxygen atoms in total. The summed E-state index contributed by atoms with van der Waals surface area (Å²) in [6.45, 7) is 12.2. The molecule has 6 heteroatoms. The molecule has 2 bridgehead atoms. The Hall–Kier alpha value is -1.40. The first-order chi connectivity index (χ1) is 14.1. The SMILES string of the molecule is CC(=O)O[C@@H]1[C@@H]2C3C/C(C)=C\C[C@H](OC(C)=O)[C@@]4(C)OC[C@@H](C)[C@@H](C[C@@H]1C)[C@H]2[C@H]4O3. The second kappa shape index (κ2) is 7.94. The van der Waals surface area contributed by atoms with E-state index in [1.54, 1.807) is 0 Å². The van der Waals surface area contributed by atoms with Crippen molar-refractivity contribution in [2.75, 3.05) is 6.61 Å². The van der Waals surface area contributed by atoms with E-state index in [1.165, 1.54) is 19.4 Å². The van der Waals surface area contributed by atoms with Crippen LogP contribution in [0.4, 0.5) is 0 Å². The van der Waals surface area contributed by atoms with Gasteiger partial charge in [0.25, 0.3) is 0 Å². The van der Waals surface area contributed by atoms with Gasteiger partial charge in [0, 0.05) is 32.1 Å². The molecule has 0 amide bonds. The lowest BCUT2D eigenvalue weighted by Gasteiger charge is -2.47. The largest absolute Gasteiger partial charge is 0.462 e. The highest BCUT2D eigenvalue weighted by molar-refractivity contribution is 5.66. The Morgan fingerprint density at radius 2 is 1.80 bits per heavy atom. The van der Waals surface area contributed by atoms with Gasteiger partial charge in [0.05, 0.1) is 18.8 Å². The monoisotopic (exact) mass is 420 g/mol. The van der Waals surface area contributed by atoms with Crippen LogP contribution in [-0.2, 0) is 28.5 Å². The first kappa shape index (κ1) is 21.8. The van der Waals surface area contributed by atoms with Crippen LogP contribution in [0.15, 0.2) is 11.6 Å². The van der Waals surface area contributed by atoms with Gasteiger partial charge in [0.2, 0.25) is 0 Å². The molecule has 3 fully saturated rings. The van der Waals surface area contributed by atoms with Gasteiger partial charge in [-0.25, -0.2) is 0 Å². The first-order valence-corrected chi connectivity index (χ1v) is 11.4. The summed E-state index contributed by atoms with van der Waals surface area (Å²) in [5, 5.41) is 0. The molecular formula is C24H36O6. The lowest BCUT2D eigenvalue weighted by molar-refractivity contribution is -0.200. The lowest BCUT2D eigenvalue weighted by Crippen LogP contribution is -2.57. The van der Waals surface area contributed by atoms with Crippen molar-refractivity contribution < 1.29 is 28.5 Å². The van der Waals surface area contributed by atoms with E-state index in [0.29, 0.717) is 24.9 Å². The molecule has 30 heavy (non-hydrogen) atoms. The molecule has 4 aliphatic rings. The third-order valence-electron chi connectivity index (χ3n) is 8.03. The topological polar surface area (TPSA) is 71.1 Å². The summed E-state index contributed by atoms with van der Waals surface area (Å²) in [4.78, 5) is 23.9. The normalized spacial score (nSPS) is 49.5. The van der Waals surface area contributed by atoms with Gasteiger partial charge in [-0.15, -0.1) is 0 Å². The number of carbonyl (C=O) groups is 2. The molecule has 0 radical (unpaired) electrons. The van der Waals surface area contributed by atoms with E-state index in [2.05, 4.69) is 26.8 Å². The minimum atomic E-state index is -0.741.